The number of benzene rings is 2. The van der Waals surface area contributed by atoms with Gasteiger partial charge in [-0.25, -0.2) is 4.39 Å². The third-order valence-corrected chi connectivity index (χ3v) is 3.27. The minimum Gasteiger partial charge on any atom is -0.298 e. The zero-order valence-electron chi connectivity index (χ0n) is 10.1. The largest absolute Gasteiger partial charge is 0.298 e. The highest BCUT2D eigenvalue weighted by Crippen LogP contribution is 2.31. The Labute approximate surface area is 110 Å². The molecule has 0 aliphatic carbocycles. The lowest BCUT2D eigenvalue weighted by Gasteiger charge is -2.11. The Morgan fingerprint density at radius 2 is 1.83 bits per heavy atom. The molecule has 0 aromatic heterocycles. The van der Waals surface area contributed by atoms with Crippen molar-refractivity contribution in [1.82, 2.24) is 0 Å². The summed E-state index contributed by atoms with van der Waals surface area (Å²) < 4.78 is 14.0. The number of aryl methyl sites for hydroxylation is 2. The van der Waals surface area contributed by atoms with Crippen molar-refractivity contribution in [2.75, 3.05) is 0 Å². The summed E-state index contributed by atoms with van der Waals surface area (Å²) in [7, 11) is 0. The topological polar surface area (TPSA) is 17.1 Å². The van der Waals surface area contributed by atoms with E-state index in [1.54, 1.807) is 18.2 Å². The normalized spacial score (nSPS) is 10.4. The summed E-state index contributed by atoms with van der Waals surface area (Å²) in [5, 5.41) is 0.101. The average Bonchev–Trinajstić information content (AvgIpc) is 2.35. The van der Waals surface area contributed by atoms with Crippen LogP contribution in [0.5, 0.6) is 0 Å². The molecule has 0 amide bonds. The third-order valence-electron chi connectivity index (χ3n) is 2.98. The maximum atomic E-state index is 14.0. The van der Waals surface area contributed by atoms with E-state index in [0.717, 1.165) is 23.0 Å². The van der Waals surface area contributed by atoms with Gasteiger partial charge in [-0.3, -0.25) is 4.79 Å². The van der Waals surface area contributed by atoms with Gasteiger partial charge in [-0.1, -0.05) is 29.8 Å². The summed E-state index contributed by atoms with van der Waals surface area (Å²) in [5.74, 6) is -0.430. The molecule has 0 radical (unpaired) electrons. The number of carbonyl (C=O) groups excluding carboxylic acids is 1. The van der Waals surface area contributed by atoms with E-state index in [0.29, 0.717) is 11.1 Å². The number of hydrogen-bond acceptors (Lipinski definition) is 1. The van der Waals surface area contributed by atoms with Crippen LogP contribution in [0.15, 0.2) is 30.3 Å². The maximum absolute atomic E-state index is 14.0. The molecule has 92 valence electrons. The summed E-state index contributed by atoms with van der Waals surface area (Å²) in [5.41, 5.74) is 3.52. The van der Waals surface area contributed by atoms with Crippen LogP contribution in [0.3, 0.4) is 0 Å². The van der Waals surface area contributed by atoms with Gasteiger partial charge < -0.3 is 0 Å². The minimum atomic E-state index is -0.430. The molecule has 2 aromatic rings. The lowest BCUT2D eigenvalue weighted by molar-refractivity contribution is 0.112. The lowest BCUT2D eigenvalue weighted by Crippen LogP contribution is -1.94. The second kappa shape index (κ2) is 4.91. The van der Waals surface area contributed by atoms with E-state index in [2.05, 4.69) is 0 Å². The summed E-state index contributed by atoms with van der Waals surface area (Å²) in [4.78, 5) is 10.9. The highest BCUT2D eigenvalue weighted by Gasteiger charge is 2.12. The molecular weight excluding hydrogens is 251 g/mol. The second-order valence-electron chi connectivity index (χ2n) is 4.24. The molecule has 0 atom stereocenters. The quantitative estimate of drug-likeness (QED) is 0.724. The van der Waals surface area contributed by atoms with Crippen LogP contribution in [0.2, 0.25) is 5.02 Å². The van der Waals surface area contributed by atoms with Crippen LogP contribution in [-0.2, 0) is 0 Å². The molecule has 0 aliphatic rings. The van der Waals surface area contributed by atoms with Crippen molar-refractivity contribution >= 4 is 17.9 Å². The van der Waals surface area contributed by atoms with Gasteiger partial charge in [0.2, 0.25) is 0 Å². The molecule has 1 nitrogen and oxygen atoms in total. The standard InChI is InChI=1S/C15H12ClFO/c1-9-7-13(10(2)6-11(9)8-18)12-4-3-5-14(16)15(12)17/h3-8H,1-2H3. The van der Waals surface area contributed by atoms with E-state index in [9.17, 15) is 9.18 Å². The average molecular weight is 263 g/mol. The Morgan fingerprint density at radius 3 is 2.50 bits per heavy atom. The molecule has 0 unspecified atom stereocenters. The molecule has 18 heavy (non-hydrogen) atoms. The monoisotopic (exact) mass is 262 g/mol. The lowest BCUT2D eigenvalue weighted by atomic mass is 9.95. The maximum Gasteiger partial charge on any atom is 0.150 e. The van der Waals surface area contributed by atoms with Crippen molar-refractivity contribution in [1.29, 1.82) is 0 Å². The zero-order valence-corrected chi connectivity index (χ0v) is 10.9. The van der Waals surface area contributed by atoms with E-state index in [4.69, 9.17) is 11.6 Å². The van der Waals surface area contributed by atoms with Gasteiger partial charge in [0.15, 0.2) is 0 Å². The van der Waals surface area contributed by atoms with Crippen molar-refractivity contribution in [3.05, 3.63) is 57.9 Å². The Kier molecular flexibility index (Phi) is 3.48. The van der Waals surface area contributed by atoms with Gasteiger partial charge in [0.25, 0.3) is 0 Å². The first-order valence-corrected chi connectivity index (χ1v) is 5.93. The van der Waals surface area contributed by atoms with E-state index >= 15 is 0 Å². The second-order valence-corrected chi connectivity index (χ2v) is 4.65. The Morgan fingerprint density at radius 1 is 1.11 bits per heavy atom. The van der Waals surface area contributed by atoms with Gasteiger partial charge in [-0.2, -0.15) is 0 Å². The van der Waals surface area contributed by atoms with Gasteiger partial charge in [0, 0.05) is 11.1 Å². The van der Waals surface area contributed by atoms with Gasteiger partial charge >= 0.3 is 0 Å². The van der Waals surface area contributed by atoms with Gasteiger partial charge in [0.1, 0.15) is 12.1 Å². The summed E-state index contributed by atoms with van der Waals surface area (Å²) in [6.07, 6.45) is 0.806. The number of rotatable bonds is 2. The Balaban J connectivity index is 2.68. The van der Waals surface area contributed by atoms with E-state index < -0.39 is 5.82 Å². The van der Waals surface area contributed by atoms with Crippen LogP contribution in [-0.4, -0.2) is 6.29 Å². The first kappa shape index (κ1) is 12.8. The van der Waals surface area contributed by atoms with Crippen LogP contribution < -0.4 is 0 Å². The molecule has 0 N–H and O–H groups in total. The summed E-state index contributed by atoms with van der Waals surface area (Å²) >= 11 is 5.78. The molecule has 0 saturated heterocycles. The highest BCUT2D eigenvalue weighted by molar-refractivity contribution is 6.31. The van der Waals surface area contributed by atoms with Crippen molar-refractivity contribution < 1.29 is 9.18 Å². The molecule has 2 aromatic carbocycles. The van der Waals surface area contributed by atoms with Crippen molar-refractivity contribution in [3.8, 4) is 11.1 Å². The van der Waals surface area contributed by atoms with Crippen LogP contribution in [0.4, 0.5) is 4.39 Å². The van der Waals surface area contributed by atoms with Crippen LogP contribution in [0.1, 0.15) is 21.5 Å². The van der Waals surface area contributed by atoms with Crippen LogP contribution in [0, 0.1) is 19.7 Å². The molecule has 0 fully saturated rings. The third kappa shape index (κ3) is 2.16. The SMILES string of the molecule is Cc1cc(-c2cccc(Cl)c2F)c(C)cc1C=O. The molecule has 0 spiro atoms. The molecule has 3 heteroatoms. The molecule has 0 aliphatic heterocycles. The zero-order chi connectivity index (χ0) is 13.3. The molecule has 0 heterocycles. The molecule has 2 rings (SSSR count). The van der Waals surface area contributed by atoms with Crippen molar-refractivity contribution in [2.45, 2.75) is 13.8 Å². The first-order valence-electron chi connectivity index (χ1n) is 5.55. The Bertz CT molecular complexity index is 620. The summed E-state index contributed by atoms with van der Waals surface area (Å²) in [6.45, 7) is 3.68. The van der Waals surface area contributed by atoms with Gasteiger partial charge in [0.05, 0.1) is 5.02 Å². The summed E-state index contributed by atoms with van der Waals surface area (Å²) in [6, 6.07) is 8.49. The molecule has 0 saturated carbocycles. The minimum absolute atomic E-state index is 0.101. The number of hydrogen-bond donors (Lipinski definition) is 0. The fourth-order valence-electron chi connectivity index (χ4n) is 1.97. The fraction of sp³-hybridized carbons (Fsp3) is 0.133. The molecule has 0 bridgehead atoms. The van der Waals surface area contributed by atoms with Gasteiger partial charge in [-0.15, -0.1) is 0 Å². The first-order chi connectivity index (χ1) is 8.54. The predicted octanol–water partition coefficient (Wildman–Crippen LogP) is 4.58. The van der Waals surface area contributed by atoms with Crippen LogP contribution >= 0.6 is 11.6 Å². The number of halogens is 2. The van der Waals surface area contributed by atoms with E-state index in [-0.39, 0.29) is 5.02 Å². The van der Waals surface area contributed by atoms with E-state index in [1.165, 1.54) is 6.07 Å². The number of aldehydes is 1. The van der Waals surface area contributed by atoms with Crippen molar-refractivity contribution in [3.63, 3.8) is 0 Å². The van der Waals surface area contributed by atoms with Crippen molar-refractivity contribution in [2.24, 2.45) is 0 Å². The van der Waals surface area contributed by atoms with Crippen LogP contribution in [0.25, 0.3) is 11.1 Å². The number of carbonyl (C=O) groups is 1. The smallest absolute Gasteiger partial charge is 0.150 e. The Hall–Kier alpha value is -1.67. The van der Waals surface area contributed by atoms with E-state index in [1.807, 2.05) is 19.9 Å². The highest BCUT2D eigenvalue weighted by atomic mass is 35.5. The predicted molar refractivity (Wildman–Crippen MR) is 71.7 cm³/mol. The van der Waals surface area contributed by atoms with Gasteiger partial charge in [-0.05, 0) is 42.7 Å². The fourth-order valence-corrected chi connectivity index (χ4v) is 2.14. The molecular formula is C15H12ClFO.